The van der Waals surface area contributed by atoms with E-state index < -0.39 is 0 Å². The number of rotatable bonds is 1. The number of fused-ring (bicyclic) bond motifs is 1. The summed E-state index contributed by atoms with van der Waals surface area (Å²) in [5.74, 6) is 0.0697. The number of halogens is 8. The van der Waals surface area contributed by atoms with Crippen molar-refractivity contribution in [1.82, 2.24) is 0 Å². The van der Waals surface area contributed by atoms with Gasteiger partial charge in [-0.3, -0.25) is 0 Å². The normalized spacial score (nSPS) is 11.4. The molecule has 0 unspecified atom stereocenters. The molecule has 0 bridgehead atoms. The van der Waals surface area contributed by atoms with Crippen LogP contribution in [-0.2, 0) is 5.88 Å². The van der Waals surface area contributed by atoms with E-state index in [1.807, 2.05) is 0 Å². The fourth-order valence-electron chi connectivity index (χ4n) is 1.69. The Labute approximate surface area is 149 Å². The van der Waals surface area contributed by atoms with Crippen LogP contribution in [0.2, 0.25) is 35.2 Å². The van der Waals surface area contributed by atoms with E-state index >= 15 is 0 Å². The van der Waals surface area contributed by atoms with E-state index in [9.17, 15) is 0 Å². The van der Waals surface area contributed by atoms with Gasteiger partial charge in [-0.25, -0.2) is 0 Å². The average Bonchev–Trinajstić information content (AvgIpc) is 2.40. The highest BCUT2D eigenvalue weighted by Crippen LogP contribution is 2.51. The lowest BCUT2D eigenvalue weighted by atomic mass is 10.0. The summed E-state index contributed by atoms with van der Waals surface area (Å²) in [6, 6.07) is 0. The molecular weight excluding hydrogens is 416 g/mol. The highest BCUT2D eigenvalue weighted by atomic mass is 35.5. The van der Waals surface area contributed by atoms with Crippen molar-refractivity contribution in [2.45, 2.75) is 5.88 Å². The van der Waals surface area contributed by atoms with E-state index in [1.54, 1.807) is 0 Å². The third kappa shape index (κ3) is 2.49. The maximum Gasteiger partial charge on any atom is 0.0800 e. The van der Waals surface area contributed by atoms with E-state index in [0.29, 0.717) is 16.3 Å². The summed E-state index contributed by atoms with van der Waals surface area (Å²) in [6.45, 7) is 0. The molecular formula is C11H2Cl8. The Morgan fingerprint density at radius 1 is 0.474 bits per heavy atom. The molecule has 0 atom stereocenters. The zero-order valence-electron chi connectivity index (χ0n) is 8.73. The molecule has 0 heterocycles. The highest BCUT2D eigenvalue weighted by molar-refractivity contribution is 6.59. The van der Waals surface area contributed by atoms with Crippen molar-refractivity contribution in [2.75, 3.05) is 0 Å². The molecule has 19 heavy (non-hydrogen) atoms. The molecule has 2 rings (SSSR count). The minimum absolute atomic E-state index is 0.0697. The minimum atomic E-state index is 0.0697. The molecule has 0 saturated carbocycles. The lowest BCUT2D eigenvalue weighted by Gasteiger charge is -2.16. The third-order valence-corrected chi connectivity index (χ3v) is 6.01. The summed E-state index contributed by atoms with van der Waals surface area (Å²) >= 11 is 48.6. The molecule has 0 amide bonds. The maximum absolute atomic E-state index is 6.19. The van der Waals surface area contributed by atoms with Gasteiger partial charge < -0.3 is 0 Å². The summed E-state index contributed by atoms with van der Waals surface area (Å²) in [7, 11) is 0. The molecule has 102 valence electrons. The van der Waals surface area contributed by atoms with Gasteiger partial charge in [0, 0.05) is 16.7 Å². The standard InChI is InChI=1S/C11H2Cl8/c12-1-2-3-4(7(15)9(17)5(2)13)8(16)11(19)10(18)6(3)14/h1H2. The molecule has 0 aliphatic rings. The van der Waals surface area contributed by atoms with Crippen LogP contribution in [0.15, 0.2) is 0 Å². The smallest absolute Gasteiger partial charge is 0.0800 e. The van der Waals surface area contributed by atoms with Crippen molar-refractivity contribution in [3.8, 4) is 0 Å². The topological polar surface area (TPSA) is 0 Å². The van der Waals surface area contributed by atoms with Crippen LogP contribution in [0.25, 0.3) is 10.8 Å². The second-order valence-corrected chi connectivity index (χ2v) is 6.47. The Morgan fingerprint density at radius 2 is 0.842 bits per heavy atom. The molecule has 0 saturated heterocycles. The summed E-state index contributed by atoms with van der Waals surface area (Å²) in [4.78, 5) is 0. The van der Waals surface area contributed by atoms with Gasteiger partial charge in [0.05, 0.1) is 35.2 Å². The Bertz CT molecular complexity index is 683. The largest absolute Gasteiger partial charge is 0.121 e. The number of alkyl halides is 1. The molecule has 0 fully saturated rings. The van der Waals surface area contributed by atoms with E-state index in [2.05, 4.69) is 0 Å². The fraction of sp³-hybridized carbons (Fsp3) is 0.0909. The first kappa shape index (κ1) is 16.4. The van der Waals surface area contributed by atoms with Gasteiger partial charge >= 0.3 is 0 Å². The second kappa shape index (κ2) is 6.02. The third-order valence-electron chi connectivity index (χ3n) is 2.57. The zero-order valence-corrected chi connectivity index (χ0v) is 14.8. The lowest BCUT2D eigenvalue weighted by molar-refractivity contribution is 1.45. The first-order chi connectivity index (χ1) is 8.82. The minimum Gasteiger partial charge on any atom is -0.121 e. The van der Waals surface area contributed by atoms with E-state index in [4.69, 9.17) is 92.8 Å². The predicted molar refractivity (Wildman–Crippen MR) is 88.6 cm³/mol. The quantitative estimate of drug-likeness (QED) is 0.249. The van der Waals surface area contributed by atoms with Gasteiger partial charge in [-0.1, -0.05) is 81.2 Å². The van der Waals surface area contributed by atoms with E-state index in [1.165, 1.54) is 0 Å². The highest BCUT2D eigenvalue weighted by Gasteiger charge is 2.24. The van der Waals surface area contributed by atoms with Crippen LogP contribution in [0.1, 0.15) is 5.56 Å². The second-order valence-electron chi connectivity index (χ2n) is 3.56. The monoisotopic (exact) mass is 414 g/mol. The van der Waals surface area contributed by atoms with Gasteiger partial charge in [0.15, 0.2) is 0 Å². The zero-order chi connectivity index (χ0) is 14.5. The Balaban J connectivity index is 3.21. The van der Waals surface area contributed by atoms with Crippen LogP contribution < -0.4 is 0 Å². The van der Waals surface area contributed by atoms with E-state index in [0.717, 1.165) is 0 Å². The fourth-order valence-corrected chi connectivity index (χ4v) is 3.94. The van der Waals surface area contributed by atoms with Gasteiger partial charge in [-0.2, -0.15) is 0 Å². The predicted octanol–water partition coefficient (Wildman–Crippen LogP) is 8.15. The molecule has 2 aromatic carbocycles. The molecule has 0 aliphatic carbocycles. The van der Waals surface area contributed by atoms with Gasteiger partial charge in [-0.15, -0.1) is 11.6 Å². The van der Waals surface area contributed by atoms with Gasteiger partial charge in [-0.05, 0) is 5.56 Å². The van der Waals surface area contributed by atoms with Crippen molar-refractivity contribution in [1.29, 1.82) is 0 Å². The van der Waals surface area contributed by atoms with Gasteiger partial charge in [0.25, 0.3) is 0 Å². The summed E-state index contributed by atoms with van der Waals surface area (Å²) in [5.41, 5.74) is 0.498. The number of hydrogen-bond acceptors (Lipinski definition) is 0. The van der Waals surface area contributed by atoms with Crippen LogP contribution in [0.4, 0.5) is 0 Å². The van der Waals surface area contributed by atoms with Crippen molar-refractivity contribution in [2.24, 2.45) is 0 Å². The van der Waals surface area contributed by atoms with Crippen LogP contribution in [0, 0.1) is 0 Å². The Kier molecular flexibility index (Phi) is 5.20. The molecule has 0 N–H and O–H groups in total. The molecule has 0 radical (unpaired) electrons. The lowest BCUT2D eigenvalue weighted by Crippen LogP contribution is -1.92. The molecule has 0 nitrogen and oxygen atoms in total. The van der Waals surface area contributed by atoms with Crippen molar-refractivity contribution in [3.05, 3.63) is 40.7 Å². The van der Waals surface area contributed by atoms with Crippen LogP contribution >= 0.6 is 92.8 Å². The summed E-state index contributed by atoms with van der Waals surface area (Å²) in [6.07, 6.45) is 0. The van der Waals surface area contributed by atoms with Gasteiger partial charge in [0.1, 0.15) is 0 Å². The molecule has 2 aromatic rings. The molecule has 0 spiro atoms. The van der Waals surface area contributed by atoms with Crippen LogP contribution in [-0.4, -0.2) is 0 Å². The first-order valence-electron chi connectivity index (χ1n) is 4.69. The number of hydrogen-bond donors (Lipinski definition) is 0. The SMILES string of the molecule is ClCc1c(Cl)c(Cl)c(Cl)c2c(Cl)c(Cl)c(Cl)c(Cl)c12. The summed E-state index contributed by atoms with van der Waals surface area (Å²) < 4.78 is 0. The average molecular weight is 418 g/mol. The molecule has 8 heteroatoms. The molecule has 0 aromatic heterocycles. The molecule has 0 aliphatic heterocycles. The van der Waals surface area contributed by atoms with Crippen LogP contribution in [0.3, 0.4) is 0 Å². The Hall–Kier alpha value is 1.02. The van der Waals surface area contributed by atoms with Crippen molar-refractivity contribution >= 4 is 104 Å². The van der Waals surface area contributed by atoms with Crippen LogP contribution in [0.5, 0.6) is 0 Å². The van der Waals surface area contributed by atoms with Crippen molar-refractivity contribution < 1.29 is 0 Å². The maximum atomic E-state index is 6.19. The first-order valence-corrected chi connectivity index (χ1v) is 7.87. The summed E-state index contributed by atoms with van der Waals surface area (Å²) in [5, 5.41) is 1.89. The Morgan fingerprint density at radius 3 is 1.26 bits per heavy atom. The van der Waals surface area contributed by atoms with E-state index in [-0.39, 0.29) is 41.0 Å². The van der Waals surface area contributed by atoms with Gasteiger partial charge in [0.2, 0.25) is 0 Å². The van der Waals surface area contributed by atoms with Crippen molar-refractivity contribution in [3.63, 3.8) is 0 Å². The number of benzene rings is 2.